The van der Waals surface area contributed by atoms with Crippen molar-refractivity contribution in [1.82, 2.24) is 19.7 Å². The first-order valence-corrected chi connectivity index (χ1v) is 10.8. The molecule has 0 bridgehead atoms. The average molecular weight is 452 g/mol. The van der Waals surface area contributed by atoms with Crippen molar-refractivity contribution < 1.29 is 9.18 Å². The van der Waals surface area contributed by atoms with Crippen LogP contribution in [0.1, 0.15) is 15.9 Å². The fourth-order valence-corrected chi connectivity index (χ4v) is 3.97. The summed E-state index contributed by atoms with van der Waals surface area (Å²) in [6.45, 7) is 0.182. The van der Waals surface area contributed by atoms with Gasteiger partial charge in [0, 0.05) is 42.4 Å². The summed E-state index contributed by atoms with van der Waals surface area (Å²) < 4.78 is 16.7. The van der Waals surface area contributed by atoms with E-state index in [0.717, 1.165) is 16.8 Å². The Morgan fingerprint density at radius 2 is 1.68 bits per heavy atom. The number of rotatable bonds is 5. The molecule has 7 heteroatoms. The highest BCUT2D eigenvalue weighted by atomic mass is 19.1. The van der Waals surface area contributed by atoms with E-state index in [1.54, 1.807) is 23.9 Å². The zero-order chi connectivity index (χ0) is 23.7. The largest absolute Gasteiger partial charge is 0.348 e. The van der Waals surface area contributed by atoms with Crippen LogP contribution in [0.5, 0.6) is 0 Å². The molecule has 5 rings (SSSR count). The van der Waals surface area contributed by atoms with E-state index in [4.69, 9.17) is 5.10 Å². The van der Waals surface area contributed by atoms with E-state index in [0.29, 0.717) is 22.2 Å². The number of nitrogens with one attached hydrogen (secondary N) is 1. The van der Waals surface area contributed by atoms with Crippen molar-refractivity contribution in [3.63, 3.8) is 0 Å². The Labute approximate surface area is 194 Å². The first-order chi connectivity index (χ1) is 16.5. The Bertz CT molecular complexity index is 1550. The summed E-state index contributed by atoms with van der Waals surface area (Å²) in [5.41, 5.74) is 3.74. The molecule has 0 radical (unpaired) electrons. The molecule has 3 aromatic carbocycles. The van der Waals surface area contributed by atoms with Crippen LogP contribution in [-0.4, -0.2) is 20.3 Å². The van der Waals surface area contributed by atoms with E-state index in [1.165, 1.54) is 22.8 Å². The lowest BCUT2D eigenvalue weighted by molar-refractivity contribution is 0.0952. The third-order valence-corrected chi connectivity index (χ3v) is 5.77. The third-order valence-electron chi connectivity index (χ3n) is 5.77. The van der Waals surface area contributed by atoms with Crippen LogP contribution in [-0.2, 0) is 13.6 Å². The van der Waals surface area contributed by atoms with Gasteiger partial charge in [-0.15, -0.1) is 0 Å². The molecular weight excluding hydrogens is 431 g/mol. The maximum Gasteiger partial charge on any atom is 0.252 e. The summed E-state index contributed by atoms with van der Waals surface area (Å²) in [6, 6.07) is 24.3. The number of carbonyl (C=O) groups is 1. The highest BCUT2D eigenvalue weighted by Crippen LogP contribution is 2.24. The summed E-state index contributed by atoms with van der Waals surface area (Å²) in [7, 11) is 1.68. The zero-order valence-electron chi connectivity index (χ0n) is 18.4. The summed E-state index contributed by atoms with van der Waals surface area (Å²) in [6.07, 6.45) is 1.84. The molecule has 1 amide bonds. The Hall–Kier alpha value is -4.52. The number of benzene rings is 3. The minimum atomic E-state index is -0.355. The lowest BCUT2D eigenvalue weighted by Crippen LogP contribution is -2.26. The van der Waals surface area contributed by atoms with Gasteiger partial charge in [-0.1, -0.05) is 36.4 Å². The molecular formula is C27H21FN4O2. The molecule has 0 aliphatic heterocycles. The molecule has 0 aliphatic rings. The SMILES string of the molecule is Cn1c(=O)cc(C(=O)NCc2cn(-c3ccccc3)nc2-c2ccc(F)cc2)c2ccccc21. The van der Waals surface area contributed by atoms with Gasteiger partial charge >= 0.3 is 0 Å². The predicted molar refractivity (Wildman–Crippen MR) is 129 cm³/mol. The Morgan fingerprint density at radius 1 is 0.971 bits per heavy atom. The van der Waals surface area contributed by atoms with Crippen LogP contribution in [0.25, 0.3) is 27.8 Å². The quantitative estimate of drug-likeness (QED) is 0.428. The first-order valence-electron chi connectivity index (χ1n) is 10.8. The van der Waals surface area contributed by atoms with Crippen molar-refractivity contribution in [3.05, 3.63) is 118 Å². The highest BCUT2D eigenvalue weighted by molar-refractivity contribution is 6.06. The fourth-order valence-electron chi connectivity index (χ4n) is 3.97. The number of pyridine rings is 1. The molecule has 168 valence electrons. The van der Waals surface area contributed by atoms with E-state index in [9.17, 15) is 14.0 Å². The molecule has 2 aromatic heterocycles. The first kappa shape index (κ1) is 21.3. The molecule has 2 heterocycles. The Balaban J connectivity index is 1.50. The highest BCUT2D eigenvalue weighted by Gasteiger charge is 2.17. The molecule has 6 nitrogen and oxygen atoms in total. The van der Waals surface area contributed by atoms with E-state index < -0.39 is 0 Å². The lowest BCUT2D eigenvalue weighted by Gasteiger charge is -2.10. The number of amides is 1. The second-order valence-electron chi connectivity index (χ2n) is 7.95. The normalized spacial score (nSPS) is 11.0. The van der Waals surface area contributed by atoms with Crippen LogP contribution >= 0.6 is 0 Å². The van der Waals surface area contributed by atoms with E-state index in [1.807, 2.05) is 60.8 Å². The predicted octanol–water partition coefficient (Wildman–Crippen LogP) is 4.46. The standard InChI is InChI=1S/C27H21FN4O2/c1-31-24-10-6-5-9-22(24)23(15-25(31)33)27(34)29-16-19-17-32(21-7-3-2-4-8-21)30-26(19)18-11-13-20(28)14-12-18/h2-15,17H,16H2,1H3,(H,29,34). The second-order valence-corrected chi connectivity index (χ2v) is 7.95. The van der Waals surface area contributed by atoms with Gasteiger partial charge in [-0.05, 0) is 42.5 Å². The number of fused-ring (bicyclic) bond motifs is 1. The minimum absolute atomic E-state index is 0.182. The van der Waals surface area contributed by atoms with E-state index >= 15 is 0 Å². The summed E-state index contributed by atoms with van der Waals surface area (Å²) >= 11 is 0. The Morgan fingerprint density at radius 3 is 2.44 bits per heavy atom. The topological polar surface area (TPSA) is 68.9 Å². The van der Waals surface area contributed by atoms with Gasteiger partial charge in [0.25, 0.3) is 11.5 Å². The molecule has 5 aromatic rings. The molecule has 1 N–H and O–H groups in total. The molecule has 0 spiro atoms. The van der Waals surface area contributed by atoms with Crippen molar-refractivity contribution >= 4 is 16.8 Å². The van der Waals surface area contributed by atoms with Gasteiger partial charge in [-0.3, -0.25) is 9.59 Å². The van der Waals surface area contributed by atoms with Gasteiger partial charge in [-0.2, -0.15) is 5.10 Å². The number of halogens is 1. The summed E-state index contributed by atoms with van der Waals surface area (Å²) in [4.78, 5) is 25.5. The maximum atomic E-state index is 13.5. The van der Waals surface area contributed by atoms with Crippen molar-refractivity contribution in [2.24, 2.45) is 7.05 Å². The van der Waals surface area contributed by atoms with Gasteiger partial charge in [0.1, 0.15) is 5.82 Å². The summed E-state index contributed by atoms with van der Waals surface area (Å²) in [5.74, 6) is -0.690. The van der Waals surface area contributed by atoms with Crippen LogP contribution < -0.4 is 10.9 Å². The molecule has 0 saturated carbocycles. The number of para-hydroxylation sites is 2. The van der Waals surface area contributed by atoms with Gasteiger partial charge < -0.3 is 9.88 Å². The number of aromatic nitrogens is 3. The van der Waals surface area contributed by atoms with Crippen LogP contribution in [0.15, 0.2) is 95.9 Å². The molecule has 0 fully saturated rings. The number of hydrogen-bond acceptors (Lipinski definition) is 3. The zero-order valence-corrected chi connectivity index (χ0v) is 18.4. The van der Waals surface area contributed by atoms with Crippen molar-refractivity contribution in [3.8, 4) is 16.9 Å². The van der Waals surface area contributed by atoms with Crippen molar-refractivity contribution in [1.29, 1.82) is 0 Å². The van der Waals surface area contributed by atoms with E-state index in [2.05, 4.69) is 5.32 Å². The van der Waals surface area contributed by atoms with Gasteiger partial charge in [-0.25, -0.2) is 9.07 Å². The molecule has 34 heavy (non-hydrogen) atoms. The van der Waals surface area contributed by atoms with Crippen LogP contribution in [0.4, 0.5) is 4.39 Å². The average Bonchev–Trinajstić information content (AvgIpc) is 3.30. The molecule has 0 atom stereocenters. The van der Waals surface area contributed by atoms with Gasteiger partial charge in [0.05, 0.1) is 22.5 Å². The number of carbonyl (C=O) groups excluding carboxylic acids is 1. The minimum Gasteiger partial charge on any atom is -0.348 e. The molecule has 0 saturated heterocycles. The van der Waals surface area contributed by atoms with Gasteiger partial charge in [0.2, 0.25) is 0 Å². The van der Waals surface area contributed by atoms with Crippen LogP contribution in [0.2, 0.25) is 0 Å². The van der Waals surface area contributed by atoms with Crippen molar-refractivity contribution in [2.45, 2.75) is 6.54 Å². The maximum absolute atomic E-state index is 13.5. The number of hydrogen-bond donors (Lipinski definition) is 1. The number of aryl methyl sites for hydroxylation is 1. The molecule has 0 unspecified atom stereocenters. The second kappa shape index (κ2) is 8.78. The summed E-state index contributed by atoms with van der Waals surface area (Å²) in [5, 5.41) is 8.32. The smallest absolute Gasteiger partial charge is 0.252 e. The number of nitrogens with zero attached hydrogens (tertiary/aromatic N) is 3. The van der Waals surface area contributed by atoms with Crippen LogP contribution in [0, 0.1) is 5.82 Å². The van der Waals surface area contributed by atoms with Crippen molar-refractivity contribution in [2.75, 3.05) is 0 Å². The fraction of sp³-hybridized carbons (Fsp3) is 0.0741. The third kappa shape index (κ3) is 3.99. The lowest BCUT2D eigenvalue weighted by atomic mass is 10.1. The van der Waals surface area contributed by atoms with E-state index in [-0.39, 0.29) is 23.8 Å². The monoisotopic (exact) mass is 452 g/mol. The Kier molecular flexibility index (Phi) is 5.51. The van der Waals surface area contributed by atoms with Gasteiger partial charge in [0.15, 0.2) is 0 Å². The molecule has 0 aliphatic carbocycles. The van der Waals surface area contributed by atoms with Crippen LogP contribution in [0.3, 0.4) is 0 Å².